The van der Waals surface area contributed by atoms with Crippen LogP contribution in [0.5, 0.6) is 11.5 Å². The Bertz CT molecular complexity index is 994. The second-order valence-corrected chi connectivity index (χ2v) is 7.77. The van der Waals surface area contributed by atoms with Crippen LogP contribution in [-0.2, 0) is 20.9 Å². The number of hydrazone groups is 1. The van der Waals surface area contributed by atoms with Gasteiger partial charge in [-0.05, 0) is 36.6 Å². The summed E-state index contributed by atoms with van der Waals surface area (Å²) in [6.07, 6.45) is 3.11. The number of carbonyl (C=O) groups is 2. The lowest BCUT2D eigenvalue weighted by Crippen LogP contribution is -2.41. The summed E-state index contributed by atoms with van der Waals surface area (Å²) < 4.78 is 16.6. The first-order valence-corrected chi connectivity index (χ1v) is 10.7. The van der Waals surface area contributed by atoms with Gasteiger partial charge in [-0.3, -0.25) is 9.59 Å². The Morgan fingerprint density at radius 1 is 1.22 bits per heavy atom. The molecule has 0 spiro atoms. The van der Waals surface area contributed by atoms with Gasteiger partial charge in [0.1, 0.15) is 6.61 Å². The quantitative estimate of drug-likeness (QED) is 0.343. The molecule has 1 aliphatic rings. The van der Waals surface area contributed by atoms with Crippen LogP contribution in [-0.4, -0.2) is 44.4 Å². The molecule has 10 heteroatoms. The minimum absolute atomic E-state index is 0.0523. The number of benzene rings is 2. The van der Waals surface area contributed by atoms with Gasteiger partial charge in [-0.2, -0.15) is 5.10 Å². The fraction of sp³-hybridized carbons (Fsp3) is 0.318. The molecule has 0 aromatic heterocycles. The Labute approximate surface area is 195 Å². The van der Waals surface area contributed by atoms with E-state index in [1.165, 1.54) is 13.3 Å². The molecule has 1 saturated heterocycles. The highest BCUT2D eigenvalue weighted by atomic mass is 35.5. The first-order valence-electron chi connectivity index (χ1n) is 9.94. The van der Waals surface area contributed by atoms with Gasteiger partial charge in [-0.1, -0.05) is 41.4 Å². The molecule has 1 fully saturated rings. The van der Waals surface area contributed by atoms with E-state index in [9.17, 15) is 9.59 Å². The van der Waals surface area contributed by atoms with Crippen LogP contribution in [0.25, 0.3) is 0 Å². The maximum Gasteiger partial charge on any atom is 0.329 e. The van der Waals surface area contributed by atoms with Gasteiger partial charge in [0, 0.05) is 23.7 Å². The summed E-state index contributed by atoms with van der Waals surface area (Å²) in [6, 6.07) is 10.6. The zero-order chi connectivity index (χ0) is 22.9. The molecule has 2 aromatic carbocycles. The lowest BCUT2D eigenvalue weighted by atomic mass is 10.2. The molecule has 170 valence electrons. The Balaban J connectivity index is 1.57. The van der Waals surface area contributed by atoms with Crippen molar-refractivity contribution in [1.82, 2.24) is 10.7 Å². The smallest absolute Gasteiger partial charge is 0.329 e. The van der Waals surface area contributed by atoms with Crippen molar-refractivity contribution in [3.63, 3.8) is 0 Å². The number of methoxy groups -OCH3 is 1. The zero-order valence-corrected chi connectivity index (χ0v) is 18.9. The zero-order valence-electron chi connectivity index (χ0n) is 17.4. The van der Waals surface area contributed by atoms with E-state index in [4.69, 9.17) is 37.4 Å². The third-order valence-electron chi connectivity index (χ3n) is 4.68. The van der Waals surface area contributed by atoms with Crippen LogP contribution in [0, 0.1) is 0 Å². The molecule has 2 amide bonds. The third-order valence-corrected chi connectivity index (χ3v) is 5.33. The first-order chi connectivity index (χ1) is 15.5. The van der Waals surface area contributed by atoms with E-state index in [-0.39, 0.29) is 12.7 Å². The summed E-state index contributed by atoms with van der Waals surface area (Å²) in [5.41, 5.74) is 3.52. The van der Waals surface area contributed by atoms with Gasteiger partial charge in [-0.15, -0.1) is 0 Å². The first kappa shape index (κ1) is 23.8. The topological polar surface area (TPSA) is 98.2 Å². The molecule has 3 rings (SSSR count). The molecule has 8 nitrogen and oxygen atoms in total. The normalized spacial score (nSPS) is 15.5. The molecular weight excluding hydrogens is 457 g/mol. The van der Waals surface area contributed by atoms with Gasteiger partial charge < -0.3 is 19.5 Å². The summed E-state index contributed by atoms with van der Waals surface area (Å²) in [5.74, 6) is -0.927. The SMILES string of the molecule is COc1cc(/C=N\NC(=O)C(=O)NC[C@H]2CCCO2)cc(Cl)c1OCc1ccccc1Cl. The highest BCUT2D eigenvalue weighted by Crippen LogP contribution is 2.37. The minimum atomic E-state index is -0.878. The van der Waals surface area contributed by atoms with Crippen LogP contribution >= 0.6 is 23.2 Å². The summed E-state index contributed by atoms with van der Waals surface area (Å²) in [7, 11) is 1.48. The summed E-state index contributed by atoms with van der Waals surface area (Å²) in [5, 5.41) is 7.20. The number of nitrogens with zero attached hydrogens (tertiary/aromatic N) is 1. The molecule has 1 aliphatic heterocycles. The average molecular weight is 480 g/mol. The number of rotatable bonds is 8. The maximum atomic E-state index is 11.9. The van der Waals surface area contributed by atoms with E-state index in [2.05, 4.69) is 15.8 Å². The van der Waals surface area contributed by atoms with Crippen molar-refractivity contribution in [3.05, 3.63) is 57.6 Å². The highest BCUT2D eigenvalue weighted by molar-refractivity contribution is 6.35. The van der Waals surface area contributed by atoms with Gasteiger partial charge in [0.2, 0.25) is 0 Å². The van der Waals surface area contributed by atoms with Crippen molar-refractivity contribution >= 4 is 41.2 Å². The molecule has 1 atom stereocenters. The third kappa shape index (κ3) is 6.59. The summed E-state index contributed by atoms with van der Waals surface area (Å²) in [4.78, 5) is 23.7. The lowest BCUT2D eigenvalue weighted by molar-refractivity contribution is -0.139. The van der Waals surface area contributed by atoms with Crippen LogP contribution < -0.4 is 20.2 Å². The van der Waals surface area contributed by atoms with Crippen molar-refractivity contribution in [2.75, 3.05) is 20.3 Å². The van der Waals surface area contributed by atoms with Crippen LogP contribution in [0.3, 0.4) is 0 Å². The Kier molecular flexibility index (Phi) is 8.72. The number of nitrogens with one attached hydrogen (secondary N) is 2. The summed E-state index contributed by atoms with van der Waals surface area (Å²) in [6.45, 7) is 1.17. The Morgan fingerprint density at radius 3 is 2.75 bits per heavy atom. The number of amides is 2. The highest BCUT2D eigenvalue weighted by Gasteiger charge is 2.19. The van der Waals surface area contributed by atoms with Crippen molar-refractivity contribution in [2.24, 2.45) is 5.10 Å². The molecule has 0 bridgehead atoms. The van der Waals surface area contributed by atoms with Crippen molar-refractivity contribution in [2.45, 2.75) is 25.6 Å². The monoisotopic (exact) mass is 479 g/mol. The molecule has 2 aromatic rings. The molecular formula is C22H23Cl2N3O5. The molecule has 0 unspecified atom stereocenters. The van der Waals surface area contributed by atoms with Gasteiger partial charge >= 0.3 is 11.8 Å². The lowest BCUT2D eigenvalue weighted by Gasteiger charge is -2.14. The molecule has 0 saturated carbocycles. The van der Waals surface area contributed by atoms with Crippen LogP contribution in [0.2, 0.25) is 10.0 Å². The van der Waals surface area contributed by atoms with Crippen molar-refractivity contribution < 1.29 is 23.8 Å². The van der Waals surface area contributed by atoms with E-state index in [0.717, 1.165) is 18.4 Å². The number of ether oxygens (including phenoxy) is 3. The Morgan fingerprint density at radius 2 is 2.03 bits per heavy atom. The maximum absolute atomic E-state index is 11.9. The molecule has 2 N–H and O–H groups in total. The van der Waals surface area contributed by atoms with Gasteiger partial charge in [-0.25, -0.2) is 5.43 Å². The van der Waals surface area contributed by atoms with E-state index in [0.29, 0.717) is 40.3 Å². The second kappa shape index (κ2) is 11.7. The van der Waals surface area contributed by atoms with E-state index in [1.807, 2.05) is 18.2 Å². The Hall–Kier alpha value is -2.81. The standard InChI is InChI=1S/C22H23Cl2N3O5/c1-30-19-10-14(9-18(24)20(19)32-13-15-5-2-3-7-17(15)23)11-26-27-22(29)21(28)25-12-16-6-4-8-31-16/h2-3,5,7,9-11,16H,4,6,8,12-13H2,1H3,(H,25,28)(H,27,29)/b26-11-/t16-/m1/s1. The number of hydrogen-bond acceptors (Lipinski definition) is 6. The van der Waals surface area contributed by atoms with Crippen molar-refractivity contribution in [1.29, 1.82) is 0 Å². The van der Waals surface area contributed by atoms with Gasteiger partial charge in [0.25, 0.3) is 0 Å². The van der Waals surface area contributed by atoms with Crippen LogP contribution in [0.4, 0.5) is 0 Å². The molecule has 0 radical (unpaired) electrons. The molecule has 32 heavy (non-hydrogen) atoms. The largest absolute Gasteiger partial charge is 0.493 e. The fourth-order valence-corrected chi connectivity index (χ4v) is 3.49. The van der Waals surface area contributed by atoms with Crippen LogP contribution in [0.15, 0.2) is 41.5 Å². The van der Waals surface area contributed by atoms with Gasteiger partial charge in [0.05, 0.1) is 24.5 Å². The number of carbonyl (C=O) groups excluding carboxylic acids is 2. The predicted octanol–water partition coefficient (Wildman–Crippen LogP) is 3.33. The van der Waals surface area contributed by atoms with Crippen LogP contribution in [0.1, 0.15) is 24.0 Å². The molecule has 1 heterocycles. The van der Waals surface area contributed by atoms with E-state index < -0.39 is 11.8 Å². The number of hydrogen-bond donors (Lipinski definition) is 2. The summed E-state index contributed by atoms with van der Waals surface area (Å²) >= 11 is 12.5. The van der Waals surface area contributed by atoms with Gasteiger partial charge in [0.15, 0.2) is 11.5 Å². The predicted molar refractivity (Wildman–Crippen MR) is 122 cm³/mol. The fourth-order valence-electron chi connectivity index (χ4n) is 3.03. The van der Waals surface area contributed by atoms with Crippen molar-refractivity contribution in [3.8, 4) is 11.5 Å². The minimum Gasteiger partial charge on any atom is -0.493 e. The number of halogens is 2. The van der Waals surface area contributed by atoms with E-state index in [1.54, 1.807) is 18.2 Å². The van der Waals surface area contributed by atoms with E-state index >= 15 is 0 Å². The molecule has 0 aliphatic carbocycles. The average Bonchev–Trinajstić information content (AvgIpc) is 3.31. The second-order valence-electron chi connectivity index (χ2n) is 6.96.